The number of primary amides is 2. The van der Waals surface area contributed by atoms with Crippen molar-refractivity contribution in [2.45, 2.75) is 57.0 Å². The van der Waals surface area contributed by atoms with Crippen molar-refractivity contribution in [2.75, 3.05) is 0 Å². The minimum atomic E-state index is -1.18. The molecule has 1 aliphatic carbocycles. The van der Waals surface area contributed by atoms with Crippen LogP contribution in [-0.4, -0.2) is 46.8 Å². The van der Waals surface area contributed by atoms with Gasteiger partial charge in [-0.25, -0.2) is 0 Å². The molecule has 0 spiro atoms. The second kappa shape index (κ2) is 12.9. The Morgan fingerprint density at radius 1 is 0.912 bits per heavy atom. The van der Waals surface area contributed by atoms with Crippen molar-refractivity contribution in [3.05, 3.63) is 53.6 Å². The molecule has 1 aliphatic rings. The number of carboxylic acids is 1. The number of nitrogens with one attached hydrogen (secondary N) is 2. The second-order valence-corrected chi connectivity index (χ2v) is 8.04. The van der Waals surface area contributed by atoms with Gasteiger partial charge in [-0.1, -0.05) is 42.5 Å². The zero-order chi connectivity index (χ0) is 25.1. The highest BCUT2D eigenvalue weighted by Crippen LogP contribution is 2.23. The number of hydrogen-bond donors (Lipinski definition) is 5. The number of allylic oxidation sites excluding steroid dienone is 4. The van der Waals surface area contributed by atoms with Crippen LogP contribution in [0.3, 0.4) is 0 Å². The smallest absolute Gasteiger partial charge is 0.303 e. The molecular formula is C24H30N4O6. The lowest BCUT2D eigenvalue weighted by molar-refractivity contribution is -0.138. The Balaban J connectivity index is 1.94. The van der Waals surface area contributed by atoms with Crippen molar-refractivity contribution in [1.82, 2.24) is 10.6 Å². The number of hydrogen-bond acceptors (Lipinski definition) is 5. The molecule has 2 rings (SSSR count). The van der Waals surface area contributed by atoms with E-state index in [4.69, 9.17) is 16.6 Å². The standard InChI is InChI=1S/C24H30N4O6/c25-20(29)12-10-18(23(26)33)28-24(34)19(11-14-22(31)32)27-21(30)13-7-15-5-8-17(9-6-15)16-3-1-2-4-16/h1-3,5-6,8-9,18-19H,4,7,10-14H2,(H2,25,29)(H2,26,33)(H,27,30)(H,28,34)(H,31,32)/t18-,19-/m0/s1. The van der Waals surface area contributed by atoms with E-state index < -0.39 is 41.7 Å². The number of nitrogens with two attached hydrogens (primary N) is 2. The van der Waals surface area contributed by atoms with Gasteiger partial charge in [-0.15, -0.1) is 0 Å². The summed E-state index contributed by atoms with van der Waals surface area (Å²) in [5.41, 5.74) is 13.6. The van der Waals surface area contributed by atoms with Crippen LogP contribution in [-0.2, 0) is 30.4 Å². The average Bonchev–Trinajstić information content (AvgIpc) is 3.32. The maximum atomic E-state index is 12.6. The van der Waals surface area contributed by atoms with Gasteiger partial charge in [0.1, 0.15) is 12.1 Å². The van der Waals surface area contributed by atoms with Gasteiger partial charge in [0.05, 0.1) is 0 Å². The predicted octanol–water partition coefficient (Wildman–Crippen LogP) is 0.548. The molecule has 0 heterocycles. The van der Waals surface area contributed by atoms with Crippen molar-refractivity contribution in [3.8, 4) is 0 Å². The molecule has 10 heteroatoms. The summed E-state index contributed by atoms with van der Waals surface area (Å²) in [4.78, 5) is 58.7. The average molecular weight is 471 g/mol. The molecule has 0 radical (unpaired) electrons. The van der Waals surface area contributed by atoms with Gasteiger partial charge >= 0.3 is 5.97 Å². The highest BCUT2D eigenvalue weighted by molar-refractivity contribution is 5.92. The van der Waals surface area contributed by atoms with Crippen LogP contribution >= 0.6 is 0 Å². The van der Waals surface area contributed by atoms with Gasteiger partial charge in [-0.3, -0.25) is 24.0 Å². The zero-order valence-electron chi connectivity index (χ0n) is 18.8. The quantitative estimate of drug-likeness (QED) is 0.264. The van der Waals surface area contributed by atoms with Crippen molar-refractivity contribution in [3.63, 3.8) is 0 Å². The van der Waals surface area contributed by atoms with Crippen LogP contribution in [0.4, 0.5) is 0 Å². The van der Waals surface area contributed by atoms with E-state index >= 15 is 0 Å². The molecule has 0 saturated carbocycles. The van der Waals surface area contributed by atoms with Gasteiger partial charge < -0.3 is 27.2 Å². The monoisotopic (exact) mass is 470 g/mol. The van der Waals surface area contributed by atoms with Crippen molar-refractivity contribution in [1.29, 1.82) is 0 Å². The van der Waals surface area contributed by atoms with E-state index in [0.29, 0.717) is 6.42 Å². The molecule has 2 atom stereocenters. The van der Waals surface area contributed by atoms with E-state index in [1.54, 1.807) is 0 Å². The van der Waals surface area contributed by atoms with Crippen LogP contribution in [0.5, 0.6) is 0 Å². The van der Waals surface area contributed by atoms with E-state index in [1.165, 1.54) is 5.57 Å². The minimum Gasteiger partial charge on any atom is -0.481 e. The van der Waals surface area contributed by atoms with Crippen molar-refractivity contribution >= 4 is 35.2 Å². The van der Waals surface area contributed by atoms with E-state index in [0.717, 1.165) is 17.5 Å². The first kappa shape index (κ1) is 26.3. The summed E-state index contributed by atoms with van der Waals surface area (Å²) in [5.74, 6) is -3.87. The van der Waals surface area contributed by atoms with Gasteiger partial charge in [0, 0.05) is 19.3 Å². The molecule has 1 aromatic carbocycles. The molecule has 1 aromatic rings. The summed E-state index contributed by atoms with van der Waals surface area (Å²) in [6, 6.07) is 5.51. The van der Waals surface area contributed by atoms with E-state index in [9.17, 15) is 24.0 Å². The van der Waals surface area contributed by atoms with Crippen LogP contribution in [0, 0.1) is 0 Å². The van der Waals surface area contributed by atoms with Crippen LogP contribution in [0.15, 0.2) is 42.5 Å². The third-order valence-electron chi connectivity index (χ3n) is 5.37. The summed E-state index contributed by atoms with van der Waals surface area (Å²) in [5, 5.41) is 13.9. The number of amides is 4. The highest BCUT2D eigenvalue weighted by Gasteiger charge is 2.26. The van der Waals surface area contributed by atoms with Crippen LogP contribution in [0.2, 0.25) is 0 Å². The van der Waals surface area contributed by atoms with Gasteiger partial charge in [0.2, 0.25) is 23.6 Å². The zero-order valence-corrected chi connectivity index (χ0v) is 18.8. The Hall–Kier alpha value is -3.95. The summed E-state index contributed by atoms with van der Waals surface area (Å²) in [6.07, 6.45) is 6.73. The van der Waals surface area contributed by atoms with Gasteiger partial charge in [-0.05, 0) is 42.4 Å². The number of rotatable bonds is 14. The van der Waals surface area contributed by atoms with E-state index in [1.807, 2.05) is 30.3 Å². The van der Waals surface area contributed by atoms with E-state index in [2.05, 4.69) is 22.8 Å². The summed E-state index contributed by atoms with van der Waals surface area (Å²) < 4.78 is 0. The molecule has 182 valence electrons. The third-order valence-corrected chi connectivity index (χ3v) is 5.37. The van der Waals surface area contributed by atoms with Gasteiger partial charge in [-0.2, -0.15) is 0 Å². The summed E-state index contributed by atoms with van der Waals surface area (Å²) >= 11 is 0. The number of carbonyl (C=O) groups excluding carboxylic acids is 4. The minimum absolute atomic E-state index is 0.0847. The lowest BCUT2D eigenvalue weighted by atomic mass is 10.0. The first-order valence-corrected chi connectivity index (χ1v) is 11.0. The molecule has 0 bridgehead atoms. The number of aryl methyl sites for hydroxylation is 1. The maximum absolute atomic E-state index is 12.6. The maximum Gasteiger partial charge on any atom is 0.303 e. The molecule has 4 amide bonds. The molecule has 10 nitrogen and oxygen atoms in total. The number of carbonyl (C=O) groups is 5. The second-order valence-electron chi connectivity index (χ2n) is 8.04. The normalized spacial score (nSPS) is 14.1. The number of aliphatic carboxylic acids is 1. The Labute approximate surface area is 197 Å². The molecule has 0 aliphatic heterocycles. The predicted molar refractivity (Wildman–Crippen MR) is 125 cm³/mol. The summed E-state index contributed by atoms with van der Waals surface area (Å²) in [7, 11) is 0. The Morgan fingerprint density at radius 3 is 2.15 bits per heavy atom. The Bertz CT molecular complexity index is 984. The van der Waals surface area contributed by atoms with Crippen molar-refractivity contribution in [2.24, 2.45) is 11.5 Å². The highest BCUT2D eigenvalue weighted by atomic mass is 16.4. The van der Waals surface area contributed by atoms with Crippen LogP contribution in [0.1, 0.15) is 49.7 Å². The molecular weight excluding hydrogens is 440 g/mol. The SMILES string of the molecule is NC(=O)CC[C@H](NC(=O)[C@H](CCC(=O)O)NC(=O)CCc1ccc(C2=CC=CC2)cc1)C(N)=O. The lowest BCUT2D eigenvalue weighted by Crippen LogP contribution is -2.53. The lowest BCUT2D eigenvalue weighted by Gasteiger charge is -2.21. The molecule has 0 unspecified atom stereocenters. The third kappa shape index (κ3) is 8.89. The topological polar surface area (TPSA) is 182 Å². The summed E-state index contributed by atoms with van der Waals surface area (Å²) in [6.45, 7) is 0. The Morgan fingerprint density at radius 2 is 1.59 bits per heavy atom. The number of benzene rings is 1. The fraction of sp³-hybridized carbons (Fsp3) is 0.375. The van der Waals surface area contributed by atoms with Crippen LogP contribution in [0.25, 0.3) is 5.57 Å². The van der Waals surface area contributed by atoms with E-state index in [-0.39, 0.29) is 32.1 Å². The molecule has 0 aromatic heterocycles. The molecule has 7 N–H and O–H groups in total. The first-order valence-electron chi connectivity index (χ1n) is 11.0. The van der Waals surface area contributed by atoms with Gasteiger partial charge in [0.15, 0.2) is 0 Å². The largest absolute Gasteiger partial charge is 0.481 e. The fourth-order valence-corrected chi connectivity index (χ4v) is 3.45. The molecule has 34 heavy (non-hydrogen) atoms. The van der Waals surface area contributed by atoms with Gasteiger partial charge in [0.25, 0.3) is 0 Å². The molecule has 0 saturated heterocycles. The fourth-order valence-electron chi connectivity index (χ4n) is 3.45. The Kier molecular flexibility index (Phi) is 10.0. The van der Waals surface area contributed by atoms with Crippen molar-refractivity contribution < 1.29 is 29.1 Å². The van der Waals surface area contributed by atoms with Crippen LogP contribution < -0.4 is 22.1 Å². The number of carboxylic acid groups (broad SMARTS) is 1. The first-order chi connectivity index (χ1) is 16.2. The molecule has 0 fully saturated rings.